The van der Waals surface area contributed by atoms with E-state index in [0.717, 1.165) is 5.52 Å². The first-order valence-electron chi connectivity index (χ1n) is 6.86. The third-order valence-corrected chi connectivity index (χ3v) is 4.04. The van der Waals surface area contributed by atoms with Gasteiger partial charge in [-0.1, -0.05) is 39.0 Å². The van der Waals surface area contributed by atoms with Crippen LogP contribution in [0.5, 0.6) is 0 Å². The van der Waals surface area contributed by atoms with Gasteiger partial charge in [-0.3, -0.25) is 0 Å². The van der Waals surface area contributed by atoms with E-state index in [1.807, 2.05) is 6.07 Å². The Morgan fingerprint density at radius 3 is 2.47 bits per heavy atom. The summed E-state index contributed by atoms with van der Waals surface area (Å²) in [6, 6.07) is 8.31. The van der Waals surface area contributed by atoms with Crippen molar-refractivity contribution in [3.05, 3.63) is 35.5 Å². The van der Waals surface area contributed by atoms with E-state index in [1.54, 1.807) is 0 Å². The quantitative estimate of drug-likeness (QED) is 0.762. The number of hydrogen-bond acceptors (Lipinski definition) is 2. The fourth-order valence-corrected chi connectivity index (χ4v) is 3.26. The lowest BCUT2D eigenvalue weighted by Gasteiger charge is -2.29. The Hall–Kier alpha value is -1.32. The van der Waals surface area contributed by atoms with E-state index >= 15 is 0 Å². The summed E-state index contributed by atoms with van der Waals surface area (Å²) in [6.45, 7) is 7.08. The highest BCUT2D eigenvalue weighted by atomic mass is 16.3. The largest absolute Gasteiger partial charge is 0.390 e. The molecule has 2 N–H and O–H groups in total. The third-order valence-electron chi connectivity index (χ3n) is 4.04. The smallest absolute Gasteiger partial charge is 0.0981 e. The molecular weight excluding hydrogens is 238 g/mol. The van der Waals surface area contributed by atoms with Crippen LogP contribution < -0.4 is 0 Å². The van der Waals surface area contributed by atoms with Gasteiger partial charge in [0, 0.05) is 23.0 Å². The molecule has 1 aromatic heterocycles. The van der Waals surface area contributed by atoms with Crippen LogP contribution in [0.3, 0.4) is 0 Å². The molecular formula is C16H21NO2. The second kappa shape index (κ2) is 4.09. The minimum Gasteiger partial charge on any atom is -0.390 e. The Balaban J connectivity index is 2.34. The summed E-state index contributed by atoms with van der Waals surface area (Å²) in [5.41, 5.74) is 3.66. The topological polar surface area (TPSA) is 45.4 Å². The van der Waals surface area contributed by atoms with Crippen molar-refractivity contribution >= 4 is 10.9 Å². The van der Waals surface area contributed by atoms with Crippen molar-refractivity contribution in [2.75, 3.05) is 0 Å². The van der Waals surface area contributed by atoms with Crippen molar-refractivity contribution < 1.29 is 10.2 Å². The van der Waals surface area contributed by atoms with Crippen molar-refractivity contribution in [1.29, 1.82) is 0 Å². The van der Waals surface area contributed by atoms with Gasteiger partial charge in [-0.2, -0.15) is 0 Å². The minimum absolute atomic E-state index is 0.0300. The second-order valence-electron chi connectivity index (χ2n) is 6.54. The number of aliphatic hydroxyl groups excluding tert-OH is 2. The number of benzene rings is 1. The molecule has 0 fully saturated rings. The highest BCUT2D eigenvalue weighted by Gasteiger charge is 2.33. The molecule has 1 aliphatic heterocycles. The van der Waals surface area contributed by atoms with Gasteiger partial charge in [0.15, 0.2) is 0 Å². The van der Waals surface area contributed by atoms with E-state index in [4.69, 9.17) is 0 Å². The zero-order valence-electron chi connectivity index (χ0n) is 11.7. The highest BCUT2D eigenvalue weighted by Crippen LogP contribution is 2.38. The fourth-order valence-electron chi connectivity index (χ4n) is 3.26. The molecule has 102 valence electrons. The summed E-state index contributed by atoms with van der Waals surface area (Å²) >= 11 is 0. The molecule has 19 heavy (non-hydrogen) atoms. The van der Waals surface area contributed by atoms with Gasteiger partial charge in [-0.05, 0) is 17.0 Å². The summed E-state index contributed by atoms with van der Waals surface area (Å²) in [4.78, 5) is 0. The summed E-state index contributed by atoms with van der Waals surface area (Å²) in [7, 11) is 0. The molecule has 2 atom stereocenters. The predicted octanol–water partition coefficient (Wildman–Crippen LogP) is 2.22. The first-order valence-corrected chi connectivity index (χ1v) is 6.86. The molecule has 3 heteroatoms. The van der Waals surface area contributed by atoms with Gasteiger partial charge in [0.2, 0.25) is 0 Å². The number of aliphatic hydroxyl groups is 2. The Morgan fingerprint density at radius 2 is 1.79 bits per heavy atom. The molecule has 2 aromatic rings. The van der Waals surface area contributed by atoms with E-state index in [-0.39, 0.29) is 5.41 Å². The normalized spacial score (nSPS) is 23.6. The standard InChI is InChI=1S/C16H21NO2/c1-16(2,3)15-10-6-4-5-7-11(10)17-9-14(19)13(18)8-12(15)17/h4-7,13-14,18-19H,8-9H2,1-3H3/t13-,14+/m1/s1. The molecule has 0 spiro atoms. The molecule has 1 aromatic carbocycles. The molecule has 3 rings (SSSR count). The molecule has 3 nitrogen and oxygen atoms in total. The number of rotatable bonds is 0. The maximum absolute atomic E-state index is 9.98. The van der Waals surface area contributed by atoms with Crippen LogP contribution in [-0.4, -0.2) is 27.0 Å². The summed E-state index contributed by atoms with van der Waals surface area (Å²) < 4.78 is 2.17. The van der Waals surface area contributed by atoms with Gasteiger partial charge < -0.3 is 14.8 Å². The van der Waals surface area contributed by atoms with Crippen LogP contribution in [0.4, 0.5) is 0 Å². The first-order chi connectivity index (χ1) is 8.89. The van der Waals surface area contributed by atoms with Crippen LogP contribution in [0.2, 0.25) is 0 Å². The average Bonchev–Trinajstić information content (AvgIpc) is 2.63. The molecule has 2 heterocycles. The summed E-state index contributed by atoms with van der Waals surface area (Å²) in [5.74, 6) is 0. The highest BCUT2D eigenvalue weighted by molar-refractivity contribution is 5.87. The molecule has 1 aliphatic rings. The molecule has 0 unspecified atom stereocenters. The molecule has 0 aliphatic carbocycles. The summed E-state index contributed by atoms with van der Waals surface area (Å²) in [6.07, 6.45) is -0.795. The number of fused-ring (bicyclic) bond motifs is 3. The number of nitrogens with zero attached hydrogens (tertiary/aromatic N) is 1. The van der Waals surface area contributed by atoms with Crippen molar-refractivity contribution in [3.8, 4) is 0 Å². The van der Waals surface area contributed by atoms with Gasteiger partial charge in [0.25, 0.3) is 0 Å². The predicted molar refractivity (Wildman–Crippen MR) is 76.4 cm³/mol. The van der Waals surface area contributed by atoms with E-state index in [2.05, 4.69) is 43.5 Å². The Bertz CT molecular complexity index is 621. The third kappa shape index (κ3) is 1.88. The minimum atomic E-state index is -0.670. The average molecular weight is 259 g/mol. The van der Waals surface area contributed by atoms with Crippen LogP contribution in [0.1, 0.15) is 32.0 Å². The van der Waals surface area contributed by atoms with Crippen LogP contribution in [0.15, 0.2) is 24.3 Å². The van der Waals surface area contributed by atoms with Gasteiger partial charge in [0.05, 0.1) is 18.8 Å². The fraction of sp³-hybridized carbons (Fsp3) is 0.500. The van der Waals surface area contributed by atoms with Crippen molar-refractivity contribution in [1.82, 2.24) is 4.57 Å². The molecule has 0 bridgehead atoms. The first kappa shape index (κ1) is 12.7. The van der Waals surface area contributed by atoms with Crippen molar-refractivity contribution in [2.24, 2.45) is 0 Å². The Labute approximate surface area is 113 Å². The van der Waals surface area contributed by atoms with Crippen LogP contribution in [0, 0.1) is 0 Å². The molecule has 0 saturated carbocycles. The Morgan fingerprint density at radius 1 is 1.11 bits per heavy atom. The SMILES string of the molecule is CC(C)(C)c1c2n(c3ccccc13)C[C@H](O)[C@H](O)C2. The monoisotopic (exact) mass is 259 g/mol. The number of aromatic nitrogens is 1. The van der Waals surface area contributed by atoms with E-state index < -0.39 is 12.2 Å². The number of hydrogen-bond donors (Lipinski definition) is 2. The van der Waals surface area contributed by atoms with Crippen molar-refractivity contribution in [3.63, 3.8) is 0 Å². The lowest BCUT2D eigenvalue weighted by Crippen LogP contribution is -2.38. The van der Waals surface area contributed by atoms with Crippen LogP contribution >= 0.6 is 0 Å². The van der Waals surface area contributed by atoms with Crippen LogP contribution in [-0.2, 0) is 18.4 Å². The number of para-hydroxylation sites is 1. The maximum Gasteiger partial charge on any atom is 0.0981 e. The maximum atomic E-state index is 9.98. The lowest BCUT2D eigenvalue weighted by molar-refractivity contribution is -0.00210. The van der Waals surface area contributed by atoms with E-state index in [9.17, 15) is 10.2 Å². The lowest BCUT2D eigenvalue weighted by atomic mass is 9.83. The van der Waals surface area contributed by atoms with Gasteiger partial charge in [-0.15, -0.1) is 0 Å². The zero-order valence-corrected chi connectivity index (χ0v) is 11.7. The Kier molecular flexibility index (Phi) is 2.73. The zero-order chi connectivity index (χ0) is 13.8. The second-order valence-corrected chi connectivity index (χ2v) is 6.54. The van der Waals surface area contributed by atoms with Gasteiger partial charge >= 0.3 is 0 Å². The summed E-state index contributed by atoms with van der Waals surface area (Å²) in [5, 5.41) is 21.1. The van der Waals surface area contributed by atoms with E-state index in [1.165, 1.54) is 16.6 Å². The van der Waals surface area contributed by atoms with Gasteiger partial charge in [-0.25, -0.2) is 0 Å². The molecule has 0 radical (unpaired) electrons. The van der Waals surface area contributed by atoms with Crippen LogP contribution in [0.25, 0.3) is 10.9 Å². The van der Waals surface area contributed by atoms with E-state index in [0.29, 0.717) is 13.0 Å². The van der Waals surface area contributed by atoms with Crippen molar-refractivity contribution in [2.45, 2.75) is 51.4 Å². The van der Waals surface area contributed by atoms with Gasteiger partial charge in [0.1, 0.15) is 0 Å². The molecule has 0 saturated heterocycles. The molecule has 0 amide bonds.